The number of carbonyl (C=O) groups is 2. The quantitative estimate of drug-likeness (QED) is 0.775. The van der Waals surface area contributed by atoms with Crippen LogP contribution in [0.2, 0.25) is 5.02 Å². The topological polar surface area (TPSA) is 90.3 Å². The Morgan fingerprint density at radius 3 is 2.54 bits per heavy atom. The van der Waals surface area contributed by atoms with Crippen LogP contribution >= 0.6 is 11.6 Å². The Morgan fingerprint density at radius 1 is 1.25 bits per heavy atom. The van der Waals surface area contributed by atoms with E-state index in [2.05, 4.69) is 10.4 Å². The van der Waals surface area contributed by atoms with Gasteiger partial charge in [0.25, 0.3) is 5.91 Å². The second-order valence-electron chi connectivity index (χ2n) is 6.92. The van der Waals surface area contributed by atoms with Crippen molar-refractivity contribution >= 4 is 23.5 Å². The average Bonchev–Trinajstić information content (AvgIpc) is 3.15. The number of halogens is 1. The minimum atomic E-state index is -1.01. The summed E-state index contributed by atoms with van der Waals surface area (Å²) in [5, 5.41) is 7.57. The van der Waals surface area contributed by atoms with Gasteiger partial charge in [0.1, 0.15) is 0 Å². The van der Waals surface area contributed by atoms with E-state index in [0.29, 0.717) is 16.4 Å². The molecule has 1 aliphatic rings. The first kappa shape index (κ1) is 20.1. The van der Waals surface area contributed by atoms with Gasteiger partial charge in [0.2, 0.25) is 11.1 Å². The highest BCUT2D eigenvalue weighted by Crippen LogP contribution is 2.18. The fourth-order valence-electron chi connectivity index (χ4n) is 3.19. The third-order valence-corrected chi connectivity index (χ3v) is 4.98. The molecule has 1 atom stereocenters. The summed E-state index contributed by atoms with van der Waals surface area (Å²) in [4.78, 5) is 36.9. The maximum absolute atomic E-state index is 12.5. The summed E-state index contributed by atoms with van der Waals surface area (Å²) in [5.74, 6) is -1.30. The van der Waals surface area contributed by atoms with E-state index in [9.17, 15) is 14.4 Å². The zero-order valence-corrected chi connectivity index (χ0v) is 16.5. The van der Waals surface area contributed by atoms with E-state index in [0.717, 1.165) is 25.7 Å². The molecule has 7 nitrogen and oxygen atoms in total. The van der Waals surface area contributed by atoms with Crippen LogP contribution in [0, 0.1) is 6.92 Å². The highest BCUT2D eigenvalue weighted by atomic mass is 35.5. The fraction of sp³-hybridized carbons (Fsp3) is 0.400. The van der Waals surface area contributed by atoms with Crippen LogP contribution in [0.3, 0.4) is 0 Å². The highest BCUT2D eigenvalue weighted by Gasteiger charge is 2.25. The number of nitrogens with one attached hydrogen (secondary N) is 1. The minimum absolute atomic E-state index is 0.119. The zero-order chi connectivity index (χ0) is 20.3. The summed E-state index contributed by atoms with van der Waals surface area (Å²) in [5.41, 5.74) is 0.260. The lowest BCUT2D eigenvalue weighted by molar-refractivity contribution is -0.129. The number of aromatic nitrogens is 2. The van der Waals surface area contributed by atoms with E-state index in [1.54, 1.807) is 31.2 Å². The van der Waals surface area contributed by atoms with Crippen LogP contribution in [0.25, 0.3) is 5.69 Å². The van der Waals surface area contributed by atoms with Gasteiger partial charge in [-0.25, -0.2) is 9.48 Å². The first-order valence-corrected chi connectivity index (χ1v) is 9.61. The van der Waals surface area contributed by atoms with E-state index in [4.69, 9.17) is 16.3 Å². The van der Waals surface area contributed by atoms with Gasteiger partial charge in [0, 0.05) is 22.8 Å². The molecule has 0 saturated heterocycles. The van der Waals surface area contributed by atoms with Gasteiger partial charge in [-0.3, -0.25) is 9.59 Å². The van der Waals surface area contributed by atoms with Crippen LogP contribution in [0.1, 0.15) is 48.8 Å². The van der Waals surface area contributed by atoms with Gasteiger partial charge in [-0.15, -0.1) is 0 Å². The molecule has 0 unspecified atom stereocenters. The molecule has 1 amide bonds. The molecule has 8 heteroatoms. The van der Waals surface area contributed by atoms with Gasteiger partial charge >= 0.3 is 5.97 Å². The van der Waals surface area contributed by atoms with Crippen LogP contribution in [0.4, 0.5) is 0 Å². The van der Waals surface area contributed by atoms with E-state index in [1.807, 2.05) is 0 Å². The van der Waals surface area contributed by atoms with Crippen molar-refractivity contribution < 1.29 is 14.3 Å². The molecule has 1 fully saturated rings. The average molecular weight is 404 g/mol. The van der Waals surface area contributed by atoms with Crippen molar-refractivity contribution in [2.75, 3.05) is 0 Å². The van der Waals surface area contributed by atoms with E-state index in [1.165, 1.54) is 17.7 Å². The van der Waals surface area contributed by atoms with Crippen molar-refractivity contribution in [3.05, 3.63) is 57.0 Å². The lowest BCUT2D eigenvalue weighted by Crippen LogP contribution is -2.41. The van der Waals surface area contributed by atoms with E-state index in [-0.39, 0.29) is 17.6 Å². The SMILES string of the molecule is Cc1cc(=O)c(C(=O)O[C@@H](C)C(=O)NC2CCCC2)nn1-c1ccc(Cl)cc1. The van der Waals surface area contributed by atoms with Crippen molar-refractivity contribution in [1.29, 1.82) is 0 Å². The molecule has 1 saturated carbocycles. The lowest BCUT2D eigenvalue weighted by Gasteiger charge is -2.17. The van der Waals surface area contributed by atoms with Crippen LogP contribution in [0.15, 0.2) is 35.1 Å². The smallest absolute Gasteiger partial charge is 0.363 e. The molecule has 0 aliphatic heterocycles. The molecule has 1 aromatic heterocycles. The number of carbonyl (C=O) groups excluding carboxylic acids is 2. The zero-order valence-electron chi connectivity index (χ0n) is 15.8. The van der Waals surface area contributed by atoms with Crippen LogP contribution < -0.4 is 10.7 Å². The highest BCUT2D eigenvalue weighted by molar-refractivity contribution is 6.30. The molecule has 1 aliphatic carbocycles. The first-order valence-electron chi connectivity index (χ1n) is 9.23. The molecule has 2 aromatic rings. The molecule has 1 heterocycles. The number of hydrogen-bond acceptors (Lipinski definition) is 5. The molecule has 0 bridgehead atoms. The van der Waals surface area contributed by atoms with Crippen LogP contribution in [0.5, 0.6) is 0 Å². The summed E-state index contributed by atoms with van der Waals surface area (Å²) in [6, 6.07) is 8.24. The molecule has 148 valence electrons. The number of benzene rings is 1. The number of amides is 1. The Kier molecular flexibility index (Phi) is 6.14. The molecule has 1 N–H and O–H groups in total. The summed E-state index contributed by atoms with van der Waals surface area (Å²) in [6.07, 6.45) is 3.00. The third kappa shape index (κ3) is 4.59. The van der Waals surface area contributed by atoms with Gasteiger partial charge in [-0.2, -0.15) is 5.10 Å². The Hall–Kier alpha value is -2.67. The number of aryl methyl sites for hydroxylation is 1. The fourth-order valence-corrected chi connectivity index (χ4v) is 3.32. The summed E-state index contributed by atoms with van der Waals surface area (Å²) < 4.78 is 6.65. The van der Waals surface area contributed by atoms with Crippen molar-refractivity contribution in [2.45, 2.75) is 51.7 Å². The Morgan fingerprint density at radius 2 is 1.89 bits per heavy atom. The van der Waals surface area contributed by atoms with Crippen molar-refractivity contribution in [3.8, 4) is 5.69 Å². The monoisotopic (exact) mass is 403 g/mol. The molecule has 1 aromatic carbocycles. The molecule has 0 spiro atoms. The Labute approximate surface area is 167 Å². The van der Waals surface area contributed by atoms with Crippen molar-refractivity contribution in [2.24, 2.45) is 0 Å². The largest absolute Gasteiger partial charge is 0.448 e. The minimum Gasteiger partial charge on any atom is -0.448 e. The molecule has 3 rings (SSSR count). The van der Waals surface area contributed by atoms with Crippen LogP contribution in [-0.4, -0.2) is 33.8 Å². The summed E-state index contributed by atoms with van der Waals surface area (Å²) in [6.45, 7) is 3.18. The summed E-state index contributed by atoms with van der Waals surface area (Å²) >= 11 is 5.90. The Balaban J connectivity index is 1.77. The number of esters is 1. The van der Waals surface area contributed by atoms with Crippen molar-refractivity contribution in [1.82, 2.24) is 15.1 Å². The lowest BCUT2D eigenvalue weighted by atomic mass is 10.2. The molecule has 0 radical (unpaired) electrons. The number of ether oxygens (including phenoxy) is 1. The molecule has 28 heavy (non-hydrogen) atoms. The predicted octanol–water partition coefficient (Wildman–Crippen LogP) is 2.80. The second kappa shape index (κ2) is 8.56. The third-order valence-electron chi connectivity index (χ3n) is 4.73. The van der Waals surface area contributed by atoms with Gasteiger partial charge in [0.05, 0.1) is 5.69 Å². The van der Waals surface area contributed by atoms with Gasteiger partial charge in [-0.1, -0.05) is 24.4 Å². The number of nitrogens with zero attached hydrogens (tertiary/aromatic N) is 2. The van der Waals surface area contributed by atoms with Crippen molar-refractivity contribution in [3.63, 3.8) is 0 Å². The molecular weight excluding hydrogens is 382 g/mol. The number of rotatable bonds is 5. The van der Waals surface area contributed by atoms with Gasteiger partial charge in [0.15, 0.2) is 6.10 Å². The maximum Gasteiger partial charge on any atom is 0.363 e. The first-order chi connectivity index (χ1) is 13.3. The molecular formula is C20H22ClN3O4. The van der Waals surface area contributed by atoms with Crippen LogP contribution in [-0.2, 0) is 9.53 Å². The summed E-state index contributed by atoms with van der Waals surface area (Å²) in [7, 11) is 0. The van der Waals surface area contributed by atoms with E-state index < -0.39 is 17.5 Å². The Bertz CT molecular complexity index is 933. The normalized spacial score (nSPS) is 15.2. The predicted molar refractivity (Wildman–Crippen MR) is 105 cm³/mol. The van der Waals surface area contributed by atoms with Gasteiger partial charge < -0.3 is 10.1 Å². The standard InChI is InChI=1S/C20H22ClN3O4/c1-12-11-17(25)18(23-24(12)16-9-7-14(21)8-10-16)20(27)28-13(2)19(26)22-15-5-3-4-6-15/h7-11,13,15H,3-6H2,1-2H3,(H,22,26)/t13-/m0/s1. The number of hydrogen-bond donors (Lipinski definition) is 1. The maximum atomic E-state index is 12.5. The van der Waals surface area contributed by atoms with E-state index >= 15 is 0 Å². The van der Waals surface area contributed by atoms with Gasteiger partial charge in [-0.05, 0) is 51.0 Å². The second-order valence-corrected chi connectivity index (χ2v) is 7.36.